The summed E-state index contributed by atoms with van der Waals surface area (Å²) in [5, 5.41) is 9.84. The molecule has 0 aliphatic heterocycles. The Morgan fingerprint density at radius 1 is 0.971 bits per heavy atom. The Balaban J connectivity index is 1.57. The predicted molar refractivity (Wildman–Crippen MR) is 138 cm³/mol. The molecular weight excluding hydrogens is 438 g/mol. The molecule has 0 saturated carbocycles. The van der Waals surface area contributed by atoms with Gasteiger partial charge in [-0.15, -0.1) is 0 Å². The molecule has 0 heterocycles. The second-order valence-corrected chi connectivity index (χ2v) is 9.49. The molecule has 1 unspecified atom stereocenters. The standard InChI is InChI=1S/C29H33N3O3/c1-17-14-20(33)15-18(2)26(17)16-27(30)29(35)32(19(3)28(31)34)13-12-25-23-10-6-4-8-21(23)22-9-5-7-11-24(22)25/h4-11,14-15,19,25,27,33H,12-13,16,30H2,1-3H3,(H2,31,34)/t19-,27?/m1/s1. The predicted octanol–water partition coefficient (Wildman–Crippen LogP) is 3.78. The number of primary amides is 1. The summed E-state index contributed by atoms with van der Waals surface area (Å²) in [5.74, 6) is -0.558. The maximum Gasteiger partial charge on any atom is 0.240 e. The van der Waals surface area contributed by atoms with Gasteiger partial charge in [-0.25, -0.2) is 0 Å². The number of hydrogen-bond acceptors (Lipinski definition) is 4. The van der Waals surface area contributed by atoms with E-state index >= 15 is 0 Å². The van der Waals surface area contributed by atoms with Gasteiger partial charge in [-0.2, -0.15) is 0 Å². The normalized spacial score (nSPS) is 14.2. The fraction of sp³-hybridized carbons (Fsp3) is 0.310. The van der Waals surface area contributed by atoms with Crippen molar-refractivity contribution < 1.29 is 14.7 Å². The molecule has 35 heavy (non-hydrogen) atoms. The van der Waals surface area contributed by atoms with Crippen molar-refractivity contribution in [3.05, 3.63) is 88.5 Å². The van der Waals surface area contributed by atoms with Crippen LogP contribution < -0.4 is 11.5 Å². The minimum absolute atomic E-state index is 0.121. The van der Waals surface area contributed by atoms with Gasteiger partial charge in [-0.3, -0.25) is 9.59 Å². The quantitative estimate of drug-likeness (QED) is 0.464. The number of fused-ring (bicyclic) bond motifs is 3. The average Bonchev–Trinajstić information content (AvgIpc) is 3.15. The summed E-state index contributed by atoms with van der Waals surface area (Å²) in [7, 11) is 0. The third kappa shape index (κ3) is 4.80. The second kappa shape index (κ2) is 9.92. The molecule has 0 saturated heterocycles. The van der Waals surface area contributed by atoms with Crippen LogP contribution in [0.25, 0.3) is 11.1 Å². The Bertz CT molecular complexity index is 1200. The number of rotatable bonds is 8. The maximum atomic E-state index is 13.5. The lowest BCUT2D eigenvalue weighted by Crippen LogP contribution is -2.53. The number of hydrogen-bond donors (Lipinski definition) is 3. The maximum absolute atomic E-state index is 13.5. The van der Waals surface area contributed by atoms with Crippen molar-refractivity contribution in [1.82, 2.24) is 4.90 Å². The van der Waals surface area contributed by atoms with Gasteiger partial charge < -0.3 is 21.5 Å². The number of carbonyl (C=O) groups is 2. The Labute approximate surface area is 206 Å². The first kappa shape index (κ1) is 24.5. The van der Waals surface area contributed by atoms with Gasteiger partial charge in [0.25, 0.3) is 0 Å². The van der Waals surface area contributed by atoms with Crippen LogP contribution in [0.1, 0.15) is 47.1 Å². The van der Waals surface area contributed by atoms with Gasteiger partial charge in [0.05, 0.1) is 6.04 Å². The van der Waals surface area contributed by atoms with Crippen LogP contribution in [-0.4, -0.2) is 40.4 Å². The number of carbonyl (C=O) groups excluding carboxylic acids is 2. The largest absolute Gasteiger partial charge is 0.508 e. The van der Waals surface area contributed by atoms with E-state index in [2.05, 4.69) is 24.3 Å². The van der Waals surface area contributed by atoms with Gasteiger partial charge in [-0.05, 0) is 84.7 Å². The van der Waals surface area contributed by atoms with Gasteiger partial charge in [0.15, 0.2) is 0 Å². The number of benzene rings is 3. The Kier molecular flexibility index (Phi) is 6.94. The van der Waals surface area contributed by atoms with Crippen molar-refractivity contribution in [2.45, 2.75) is 51.6 Å². The fourth-order valence-corrected chi connectivity index (χ4v) is 5.30. The molecule has 0 fully saturated rings. The van der Waals surface area contributed by atoms with E-state index in [1.807, 2.05) is 38.1 Å². The molecule has 2 atom stereocenters. The van der Waals surface area contributed by atoms with Crippen LogP contribution in [0.4, 0.5) is 0 Å². The molecular formula is C29H33N3O3. The highest BCUT2D eigenvalue weighted by molar-refractivity contribution is 5.89. The van der Waals surface area contributed by atoms with Gasteiger partial charge in [0.2, 0.25) is 11.8 Å². The van der Waals surface area contributed by atoms with Crippen LogP contribution in [0.15, 0.2) is 60.7 Å². The van der Waals surface area contributed by atoms with Gasteiger partial charge in [0.1, 0.15) is 11.8 Å². The van der Waals surface area contributed by atoms with Crippen molar-refractivity contribution in [2.24, 2.45) is 11.5 Å². The van der Waals surface area contributed by atoms with Crippen LogP contribution in [0.5, 0.6) is 5.75 Å². The molecule has 6 heteroatoms. The first-order valence-electron chi connectivity index (χ1n) is 12.0. The molecule has 3 aromatic rings. The molecule has 4 rings (SSSR count). The zero-order valence-electron chi connectivity index (χ0n) is 20.5. The highest BCUT2D eigenvalue weighted by Crippen LogP contribution is 2.46. The van der Waals surface area contributed by atoms with E-state index in [0.717, 1.165) is 16.7 Å². The van der Waals surface area contributed by atoms with Gasteiger partial charge >= 0.3 is 0 Å². The summed E-state index contributed by atoms with van der Waals surface area (Å²) >= 11 is 0. The van der Waals surface area contributed by atoms with Crippen LogP contribution in [0.2, 0.25) is 0 Å². The molecule has 0 spiro atoms. The number of aromatic hydroxyl groups is 1. The van der Waals surface area contributed by atoms with Crippen LogP contribution in [0, 0.1) is 13.8 Å². The number of nitrogens with zero attached hydrogens (tertiary/aromatic N) is 1. The third-order valence-corrected chi connectivity index (χ3v) is 7.21. The van der Waals surface area contributed by atoms with Crippen molar-refractivity contribution in [1.29, 1.82) is 0 Å². The lowest BCUT2D eigenvalue weighted by molar-refractivity contribution is -0.139. The minimum Gasteiger partial charge on any atom is -0.508 e. The number of aryl methyl sites for hydroxylation is 2. The summed E-state index contributed by atoms with van der Waals surface area (Å²) in [6.45, 7) is 5.79. The molecule has 2 amide bonds. The first-order chi connectivity index (χ1) is 16.7. The average molecular weight is 472 g/mol. The SMILES string of the molecule is Cc1cc(O)cc(C)c1CC(N)C(=O)N(CCC1c2ccccc2-c2ccccc21)[C@H](C)C(N)=O. The van der Waals surface area contributed by atoms with Gasteiger partial charge in [0, 0.05) is 12.5 Å². The summed E-state index contributed by atoms with van der Waals surface area (Å²) in [6.07, 6.45) is 0.967. The van der Waals surface area contributed by atoms with E-state index in [9.17, 15) is 14.7 Å². The third-order valence-electron chi connectivity index (χ3n) is 7.21. The molecule has 1 aliphatic carbocycles. The number of phenols is 1. The van der Waals surface area contributed by atoms with E-state index in [4.69, 9.17) is 11.5 Å². The summed E-state index contributed by atoms with van der Waals surface area (Å²) in [5.41, 5.74) is 19.6. The van der Waals surface area contributed by atoms with E-state index in [0.29, 0.717) is 19.4 Å². The number of phenolic OH excluding ortho intramolecular Hbond substituents is 1. The Morgan fingerprint density at radius 2 is 1.49 bits per heavy atom. The van der Waals surface area contributed by atoms with E-state index < -0.39 is 18.0 Å². The van der Waals surface area contributed by atoms with Crippen molar-refractivity contribution in [3.8, 4) is 16.9 Å². The van der Waals surface area contributed by atoms with E-state index in [-0.39, 0.29) is 17.6 Å². The molecule has 0 aromatic heterocycles. The zero-order valence-corrected chi connectivity index (χ0v) is 20.5. The Morgan fingerprint density at radius 3 is 2.00 bits per heavy atom. The highest BCUT2D eigenvalue weighted by atomic mass is 16.3. The fourth-order valence-electron chi connectivity index (χ4n) is 5.30. The highest BCUT2D eigenvalue weighted by Gasteiger charge is 2.32. The summed E-state index contributed by atoms with van der Waals surface area (Å²) in [4.78, 5) is 27.2. The molecule has 5 N–H and O–H groups in total. The Hall–Kier alpha value is -3.64. The molecule has 6 nitrogen and oxygen atoms in total. The van der Waals surface area contributed by atoms with Crippen molar-refractivity contribution in [2.75, 3.05) is 6.54 Å². The van der Waals surface area contributed by atoms with Crippen LogP contribution >= 0.6 is 0 Å². The number of amides is 2. The molecule has 182 valence electrons. The smallest absolute Gasteiger partial charge is 0.240 e. The topological polar surface area (TPSA) is 110 Å². The second-order valence-electron chi connectivity index (χ2n) is 9.49. The lowest BCUT2D eigenvalue weighted by Gasteiger charge is -2.31. The minimum atomic E-state index is -0.832. The molecule has 3 aromatic carbocycles. The first-order valence-corrected chi connectivity index (χ1v) is 12.0. The molecule has 0 bridgehead atoms. The monoisotopic (exact) mass is 471 g/mol. The van der Waals surface area contributed by atoms with Crippen LogP contribution in [-0.2, 0) is 16.0 Å². The summed E-state index contributed by atoms with van der Waals surface area (Å²) in [6, 6.07) is 18.4. The molecule has 1 aliphatic rings. The van der Waals surface area contributed by atoms with Crippen molar-refractivity contribution in [3.63, 3.8) is 0 Å². The van der Waals surface area contributed by atoms with E-state index in [1.54, 1.807) is 19.1 Å². The van der Waals surface area contributed by atoms with E-state index in [1.165, 1.54) is 27.2 Å². The zero-order chi connectivity index (χ0) is 25.3. The van der Waals surface area contributed by atoms with Crippen molar-refractivity contribution >= 4 is 11.8 Å². The lowest BCUT2D eigenvalue weighted by atomic mass is 9.92. The van der Waals surface area contributed by atoms with Crippen LogP contribution in [0.3, 0.4) is 0 Å². The van der Waals surface area contributed by atoms with Gasteiger partial charge in [-0.1, -0.05) is 48.5 Å². The number of nitrogens with two attached hydrogens (primary N) is 2. The summed E-state index contributed by atoms with van der Waals surface area (Å²) < 4.78 is 0. The molecule has 0 radical (unpaired) electrons.